The van der Waals surface area contributed by atoms with Gasteiger partial charge in [-0.05, 0) is 23.1 Å². The van der Waals surface area contributed by atoms with Crippen LogP contribution in [-0.2, 0) is 20.7 Å². The molecule has 0 unspecified atom stereocenters. The van der Waals surface area contributed by atoms with Crippen molar-refractivity contribution in [3.05, 3.63) is 59.7 Å². The molecule has 0 aliphatic carbocycles. The van der Waals surface area contributed by atoms with Crippen LogP contribution < -0.4 is 5.32 Å². The predicted octanol–water partition coefficient (Wildman–Crippen LogP) is 3.05. The number of aliphatic carboxylic acids is 1. The van der Waals surface area contributed by atoms with E-state index in [1.54, 1.807) is 6.92 Å². The van der Waals surface area contributed by atoms with Crippen molar-refractivity contribution in [2.24, 2.45) is 0 Å². The number of esters is 1. The number of carboxylic acid groups (broad SMARTS) is 1. The number of amides is 1. The molecule has 0 saturated carbocycles. The zero-order chi connectivity index (χ0) is 19.8. The van der Waals surface area contributed by atoms with Gasteiger partial charge in [-0.2, -0.15) is 0 Å². The van der Waals surface area contributed by atoms with E-state index in [0.717, 1.165) is 16.7 Å². The lowest BCUT2D eigenvalue weighted by Gasteiger charge is -2.18. The number of carboxylic acids is 1. The molecular formula is C21H23NO5. The third kappa shape index (κ3) is 5.17. The fraction of sp³-hybridized carbons (Fsp3) is 0.286. The molecule has 0 aliphatic rings. The van der Waals surface area contributed by atoms with Crippen LogP contribution >= 0.6 is 0 Å². The molecule has 2 N–H and O–H groups in total. The fourth-order valence-electron chi connectivity index (χ4n) is 2.70. The lowest BCUT2D eigenvalue weighted by Crippen LogP contribution is -2.44. The Hall–Kier alpha value is -3.15. The smallest absolute Gasteiger partial charge is 0.329 e. The minimum Gasteiger partial charge on any atom is -0.480 e. The van der Waals surface area contributed by atoms with E-state index in [1.807, 2.05) is 55.5 Å². The highest BCUT2D eigenvalue weighted by Crippen LogP contribution is 2.26. The van der Waals surface area contributed by atoms with Crippen molar-refractivity contribution in [3.63, 3.8) is 0 Å². The van der Waals surface area contributed by atoms with E-state index in [2.05, 4.69) is 5.32 Å². The van der Waals surface area contributed by atoms with Crippen molar-refractivity contribution in [1.82, 2.24) is 5.32 Å². The van der Waals surface area contributed by atoms with Gasteiger partial charge in [-0.15, -0.1) is 0 Å². The van der Waals surface area contributed by atoms with Gasteiger partial charge in [0.1, 0.15) is 6.61 Å². The third-order valence-corrected chi connectivity index (χ3v) is 4.15. The van der Waals surface area contributed by atoms with Crippen LogP contribution in [0.3, 0.4) is 0 Å². The Kier molecular flexibility index (Phi) is 7.11. The van der Waals surface area contributed by atoms with E-state index in [4.69, 9.17) is 4.74 Å². The number of carbonyl (C=O) groups excluding carboxylic acids is 2. The normalized spacial score (nSPS) is 11.5. The minimum absolute atomic E-state index is 0.136. The molecule has 0 aliphatic heterocycles. The number of aryl methyl sites for hydroxylation is 1. The van der Waals surface area contributed by atoms with Gasteiger partial charge in [-0.25, -0.2) is 4.79 Å². The standard InChI is InChI=1S/C21H23NO5/c1-3-14-11-8-12-16(15-9-6-5-7-10-15)19(14)20(24)22-17(21(25)26)13-27-18(23)4-2/h5-12,17H,3-4,13H2,1-2H3,(H,22,24)(H,25,26)/t17-/m0/s1. The summed E-state index contributed by atoms with van der Waals surface area (Å²) < 4.78 is 4.89. The SMILES string of the molecule is CCC(=O)OC[C@H](NC(=O)c1c(CC)cccc1-c1ccccc1)C(=O)O. The van der Waals surface area contributed by atoms with Crippen LogP contribution in [0.15, 0.2) is 48.5 Å². The Labute approximate surface area is 158 Å². The van der Waals surface area contributed by atoms with Crippen molar-refractivity contribution >= 4 is 17.8 Å². The van der Waals surface area contributed by atoms with Crippen LogP contribution in [0.5, 0.6) is 0 Å². The number of benzene rings is 2. The third-order valence-electron chi connectivity index (χ3n) is 4.15. The summed E-state index contributed by atoms with van der Waals surface area (Å²) in [5.41, 5.74) is 2.83. The molecule has 6 nitrogen and oxygen atoms in total. The number of nitrogens with one attached hydrogen (secondary N) is 1. The average molecular weight is 369 g/mol. The molecule has 142 valence electrons. The van der Waals surface area contributed by atoms with E-state index in [-0.39, 0.29) is 6.42 Å². The average Bonchev–Trinajstić information content (AvgIpc) is 2.70. The zero-order valence-corrected chi connectivity index (χ0v) is 15.4. The summed E-state index contributed by atoms with van der Waals surface area (Å²) in [5.74, 6) is -2.29. The van der Waals surface area contributed by atoms with E-state index >= 15 is 0 Å². The van der Waals surface area contributed by atoms with Crippen LogP contribution in [0.1, 0.15) is 36.2 Å². The first-order valence-corrected chi connectivity index (χ1v) is 8.84. The van der Waals surface area contributed by atoms with Crippen molar-refractivity contribution in [2.45, 2.75) is 32.7 Å². The van der Waals surface area contributed by atoms with Gasteiger partial charge in [0.2, 0.25) is 0 Å². The summed E-state index contributed by atoms with van der Waals surface area (Å²) in [4.78, 5) is 35.7. The van der Waals surface area contributed by atoms with Gasteiger partial charge in [-0.1, -0.05) is 62.4 Å². The first kappa shape index (κ1) is 20.2. The van der Waals surface area contributed by atoms with E-state index in [0.29, 0.717) is 12.0 Å². The second-order valence-electron chi connectivity index (χ2n) is 5.96. The number of ether oxygens (including phenoxy) is 1. The lowest BCUT2D eigenvalue weighted by molar-refractivity contribution is -0.148. The largest absolute Gasteiger partial charge is 0.480 e. The van der Waals surface area contributed by atoms with Crippen molar-refractivity contribution in [3.8, 4) is 11.1 Å². The molecule has 0 heterocycles. The molecule has 2 aromatic rings. The van der Waals surface area contributed by atoms with Crippen LogP contribution in [0.2, 0.25) is 0 Å². The van der Waals surface area contributed by atoms with Gasteiger partial charge in [0, 0.05) is 6.42 Å². The fourth-order valence-corrected chi connectivity index (χ4v) is 2.70. The topological polar surface area (TPSA) is 92.7 Å². The molecular weight excluding hydrogens is 346 g/mol. The molecule has 6 heteroatoms. The number of rotatable bonds is 8. The molecule has 2 rings (SSSR count). The van der Waals surface area contributed by atoms with E-state index in [9.17, 15) is 19.5 Å². The Balaban J connectivity index is 2.33. The van der Waals surface area contributed by atoms with Crippen molar-refractivity contribution < 1.29 is 24.2 Å². The molecule has 1 atom stereocenters. The maximum absolute atomic E-state index is 12.9. The molecule has 1 amide bonds. The molecule has 0 spiro atoms. The van der Waals surface area contributed by atoms with Gasteiger partial charge < -0.3 is 15.2 Å². The second-order valence-corrected chi connectivity index (χ2v) is 5.96. The molecule has 0 bridgehead atoms. The summed E-state index contributed by atoms with van der Waals surface area (Å²) in [6, 6.07) is 13.6. The van der Waals surface area contributed by atoms with E-state index < -0.39 is 30.5 Å². The van der Waals surface area contributed by atoms with Crippen LogP contribution in [0.4, 0.5) is 0 Å². The number of hydrogen-bond donors (Lipinski definition) is 2. The molecule has 0 fully saturated rings. The predicted molar refractivity (Wildman–Crippen MR) is 101 cm³/mol. The highest BCUT2D eigenvalue weighted by molar-refractivity contribution is 6.03. The highest BCUT2D eigenvalue weighted by atomic mass is 16.5. The maximum atomic E-state index is 12.9. The zero-order valence-electron chi connectivity index (χ0n) is 15.4. The minimum atomic E-state index is -1.32. The van der Waals surface area contributed by atoms with Gasteiger partial charge >= 0.3 is 11.9 Å². The molecule has 0 saturated heterocycles. The Bertz CT molecular complexity index is 817. The number of hydrogen-bond acceptors (Lipinski definition) is 4. The molecule has 0 radical (unpaired) electrons. The van der Waals surface area contributed by atoms with Gasteiger partial charge in [0.15, 0.2) is 6.04 Å². The maximum Gasteiger partial charge on any atom is 0.329 e. The van der Waals surface area contributed by atoms with Crippen LogP contribution in [0.25, 0.3) is 11.1 Å². The first-order valence-electron chi connectivity index (χ1n) is 8.84. The highest BCUT2D eigenvalue weighted by Gasteiger charge is 2.25. The Morgan fingerprint density at radius 1 is 1.04 bits per heavy atom. The molecule has 2 aromatic carbocycles. The first-order chi connectivity index (χ1) is 13.0. The summed E-state index contributed by atoms with van der Waals surface area (Å²) in [6.07, 6.45) is 0.753. The Morgan fingerprint density at radius 2 is 1.74 bits per heavy atom. The van der Waals surface area contributed by atoms with Crippen molar-refractivity contribution in [2.75, 3.05) is 6.61 Å². The summed E-state index contributed by atoms with van der Waals surface area (Å²) >= 11 is 0. The van der Waals surface area contributed by atoms with Gasteiger partial charge in [0.05, 0.1) is 5.56 Å². The summed E-state index contributed by atoms with van der Waals surface area (Å²) in [6.45, 7) is 3.13. The van der Waals surface area contributed by atoms with Crippen LogP contribution in [-0.4, -0.2) is 35.6 Å². The monoisotopic (exact) mass is 369 g/mol. The lowest BCUT2D eigenvalue weighted by atomic mass is 9.93. The summed E-state index contributed by atoms with van der Waals surface area (Å²) in [5, 5.41) is 11.8. The van der Waals surface area contributed by atoms with Gasteiger partial charge in [0.25, 0.3) is 5.91 Å². The van der Waals surface area contributed by atoms with Crippen molar-refractivity contribution in [1.29, 1.82) is 0 Å². The second kappa shape index (κ2) is 9.52. The van der Waals surface area contributed by atoms with E-state index in [1.165, 1.54) is 0 Å². The van der Waals surface area contributed by atoms with Gasteiger partial charge in [-0.3, -0.25) is 9.59 Å². The number of carbonyl (C=O) groups is 3. The quantitative estimate of drug-likeness (QED) is 0.698. The molecule has 0 aromatic heterocycles. The summed E-state index contributed by atoms with van der Waals surface area (Å²) in [7, 11) is 0. The molecule has 27 heavy (non-hydrogen) atoms. The van der Waals surface area contributed by atoms with Crippen LogP contribution in [0, 0.1) is 0 Å². The Morgan fingerprint density at radius 3 is 2.33 bits per heavy atom.